The molecule has 1 aliphatic heterocycles. The number of halogens is 1. The van der Waals surface area contributed by atoms with Crippen LogP contribution in [0.3, 0.4) is 0 Å². The van der Waals surface area contributed by atoms with E-state index in [4.69, 9.17) is 9.47 Å². The number of hydrogen-bond donors (Lipinski definition) is 1. The summed E-state index contributed by atoms with van der Waals surface area (Å²) in [5.74, 6) is 1.78. The van der Waals surface area contributed by atoms with Gasteiger partial charge in [0.05, 0.1) is 5.60 Å². The Morgan fingerprint density at radius 3 is 2.65 bits per heavy atom. The summed E-state index contributed by atoms with van der Waals surface area (Å²) < 4.78 is 25.0. The van der Waals surface area contributed by atoms with Gasteiger partial charge in [-0.3, -0.25) is 0 Å². The summed E-state index contributed by atoms with van der Waals surface area (Å²) in [5.41, 5.74) is 2.63. The third kappa shape index (κ3) is 4.88. The number of hydrogen-bond acceptors (Lipinski definition) is 4. The predicted octanol–water partition coefficient (Wildman–Crippen LogP) is 4.58. The Bertz CT molecular complexity index is 916. The van der Waals surface area contributed by atoms with Crippen molar-refractivity contribution in [3.63, 3.8) is 0 Å². The maximum atomic E-state index is 13.7. The SMILES string of the molecule is CC(C)[C@@H]1c2ccc(F)cc2CC[C@@]1(O)CCN(C)CCc1ccc2c(c1)OCCO2. The van der Waals surface area contributed by atoms with Gasteiger partial charge < -0.3 is 19.5 Å². The fourth-order valence-electron chi connectivity index (χ4n) is 5.21. The Labute approximate surface area is 185 Å². The molecular weight excluding hydrogens is 393 g/mol. The second-order valence-corrected chi connectivity index (χ2v) is 9.45. The van der Waals surface area contributed by atoms with Crippen LogP contribution in [0.5, 0.6) is 11.5 Å². The van der Waals surface area contributed by atoms with Gasteiger partial charge in [-0.2, -0.15) is 0 Å². The van der Waals surface area contributed by atoms with Gasteiger partial charge in [0.1, 0.15) is 19.0 Å². The number of ether oxygens (including phenoxy) is 2. The first kappa shape index (κ1) is 22.1. The Hall–Kier alpha value is -2.11. The van der Waals surface area contributed by atoms with Crippen LogP contribution >= 0.6 is 0 Å². The minimum atomic E-state index is -0.760. The summed E-state index contributed by atoms with van der Waals surface area (Å²) in [6.07, 6.45) is 3.04. The molecule has 1 aliphatic carbocycles. The summed E-state index contributed by atoms with van der Waals surface area (Å²) in [4.78, 5) is 2.28. The van der Waals surface area contributed by atoms with E-state index in [0.29, 0.717) is 26.1 Å². The first-order valence-corrected chi connectivity index (χ1v) is 11.4. The fourth-order valence-corrected chi connectivity index (χ4v) is 5.21. The van der Waals surface area contributed by atoms with Crippen LogP contribution in [0, 0.1) is 11.7 Å². The lowest BCUT2D eigenvalue weighted by atomic mass is 9.66. The lowest BCUT2D eigenvalue weighted by molar-refractivity contribution is -0.0300. The molecule has 1 N–H and O–H groups in total. The molecule has 0 fully saturated rings. The molecule has 4 nitrogen and oxygen atoms in total. The van der Waals surface area contributed by atoms with Gasteiger partial charge in [0.25, 0.3) is 0 Å². The molecule has 2 aliphatic rings. The van der Waals surface area contributed by atoms with E-state index in [2.05, 4.69) is 37.9 Å². The van der Waals surface area contributed by atoms with Crippen LogP contribution in [0.15, 0.2) is 36.4 Å². The van der Waals surface area contributed by atoms with Crippen LogP contribution in [-0.2, 0) is 12.8 Å². The normalized spacial score (nSPS) is 22.6. The molecule has 2 aromatic rings. The van der Waals surface area contributed by atoms with Crippen molar-refractivity contribution in [3.8, 4) is 11.5 Å². The lowest BCUT2D eigenvalue weighted by Gasteiger charge is -2.44. The number of likely N-dealkylation sites (N-methyl/N-ethyl adjacent to an activating group) is 1. The molecule has 0 aromatic heterocycles. The molecule has 0 saturated carbocycles. The molecule has 0 spiro atoms. The molecular formula is C26H34FNO3. The highest BCUT2D eigenvalue weighted by molar-refractivity contribution is 5.44. The van der Waals surface area contributed by atoms with Crippen molar-refractivity contribution in [1.29, 1.82) is 0 Å². The van der Waals surface area contributed by atoms with Gasteiger partial charge in [-0.15, -0.1) is 0 Å². The Morgan fingerprint density at radius 1 is 1.10 bits per heavy atom. The smallest absolute Gasteiger partial charge is 0.161 e. The second kappa shape index (κ2) is 9.17. The number of nitrogens with zero attached hydrogens (tertiary/aromatic N) is 1. The Morgan fingerprint density at radius 2 is 1.87 bits per heavy atom. The van der Waals surface area contributed by atoms with Gasteiger partial charge in [0.15, 0.2) is 11.5 Å². The number of aryl methyl sites for hydroxylation is 1. The summed E-state index contributed by atoms with van der Waals surface area (Å²) in [7, 11) is 2.11. The minimum absolute atomic E-state index is 0.0306. The van der Waals surface area contributed by atoms with E-state index in [0.717, 1.165) is 48.6 Å². The highest BCUT2D eigenvalue weighted by Crippen LogP contribution is 2.45. The van der Waals surface area contributed by atoms with Crippen LogP contribution < -0.4 is 9.47 Å². The zero-order chi connectivity index (χ0) is 22.0. The molecule has 2 atom stereocenters. The largest absolute Gasteiger partial charge is 0.486 e. The van der Waals surface area contributed by atoms with Crippen LogP contribution in [0.4, 0.5) is 4.39 Å². The van der Waals surface area contributed by atoms with Crippen molar-refractivity contribution in [2.24, 2.45) is 5.92 Å². The van der Waals surface area contributed by atoms with E-state index in [-0.39, 0.29) is 17.7 Å². The van der Waals surface area contributed by atoms with E-state index >= 15 is 0 Å². The fraction of sp³-hybridized carbons (Fsp3) is 0.538. The number of benzene rings is 2. The Balaban J connectivity index is 1.36. The maximum absolute atomic E-state index is 13.7. The van der Waals surface area contributed by atoms with Gasteiger partial charge >= 0.3 is 0 Å². The molecule has 168 valence electrons. The predicted molar refractivity (Wildman–Crippen MR) is 120 cm³/mol. The standard InChI is InChI=1S/C26H34FNO3/c1-18(2)25-22-6-5-21(27)17-20(22)8-10-26(25,29)11-13-28(3)12-9-19-4-7-23-24(16-19)31-15-14-30-23/h4-7,16-18,25,29H,8-15H2,1-3H3/t25-,26-/m1/s1. The summed E-state index contributed by atoms with van der Waals surface area (Å²) >= 11 is 0. The first-order valence-electron chi connectivity index (χ1n) is 11.4. The van der Waals surface area contributed by atoms with Gasteiger partial charge in [-0.25, -0.2) is 4.39 Å². The van der Waals surface area contributed by atoms with Gasteiger partial charge in [-0.05, 0) is 79.6 Å². The van der Waals surface area contributed by atoms with Crippen LogP contribution in [0.2, 0.25) is 0 Å². The topological polar surface area (TPSA) is 41.9 Å². The molecule has 0 radical (unpaired) electrons. The molecule has 5 heteroatoms. The van der Waals surface area contributed by atoms with Gasteiger partial charge in [-0.1, -0.05) is 26.0 Å². The zero-order valence-electron chi connectivity index (χ0n) is 18.9. The molecule has 0 bridgehead atoms. The maximum Gasteiger partial charge on any atom is 0.161 e. The molecule has 4 rings (SSSR count). The van der Waals surface area contributed by atoms with Crippen LogP contribution in [-0.4, -0.2) is 49.0 Å². The van der Waals surface area contributed by atoms with E-state index in [1.807, 2.05) is 12.1 Å². The Kier molecular flexibility index (Phi) is 6.54. The quantitative estimate of drug-likeness (QED) is 0.702. The highest BCUT2D eigenvalue weighted by Gasteiger charge is 2.43. The third-order valence-corrected chi connectivity index (χ3v) is 6.83. The van der Waals surface area contributed by atoms with Crippen molar-refractivity contribution in [1.82, 2.24) is 4.90 Å². The highest BCUT2D eigenvalue weighted by atomic mass is 19.1. The molecule has 31 heavy (non-hydrogen) atoms. The first-order chi connectivity index (χ1) is 14.9. The molecule has 0 saturated heterocycles. The summed E-state index contributed by atoms with van der Waals surface area (Å²) in [5, 5.41) is 11.6. The molecule has 2 aromatic carbocycles. The lowest BCUT2D eigenvalue weighted by Crippen LogP contribution is -2.45. The van der Waals surface area contributed by atoms with Crippen LogP contribution in [0.1, 0.15) is 49.3 Å². The van der Waals surface area contributed by atoms with Gasteiger partial charge in [0, 0.05) is 19.0 Å². The average molecular weight is 428 g/mol. The van der Waals surface area contributed by atoms with Gasteiger partial charge in [0.2, 0.25) is 0 Å². The van der Waals surface area contributed by atoms with E-state index in [1.165, 1.54) is 11.6 Å². The zero-order valence-corrected chi connectivity index (χ0v) is 18.9. The van der Waals surface area contributed by atoms with Crippen molar-refractivity contribution in [3.05, 3.63) is 58.9 Å². The minimum Gasteiger partial charge on any atom is -0.486 e. The number of rotatable bonds is 7. The van der Waals surface area contributed by atoms with Crippen molar-refractivity contribution < 1.29 is 19.0 Å². The monoisotopic (exact) mass is 427 g/mol. The number of aliphatic hydroxyl groups is 1. The van der Waals surface area contributed by atoms with Crippen molar-refractivity contribution in [2.45, 2.75) is 51.0 Å². The van der Waals surface area contributed by atoms with Crippen molar-refractivity contribution >= 4 is 0 Å². The average Bonchev–Trinajstić information content (AvgIpc) is 2.76. The van der Waals surface area contributed by atoms with Crippen LogP contribution in [0.25, 0.3) is 0 Å². The molecule has 0 unspecified atom stereocenters. The number of fused-ring (bicyclic) bond motifs is 2. The molecule has 1 heterocycles. The van der Waals surface area contributed by atoms with E-state index < -0.39 is 5.60 Å². The van der Waals surface area contributed by atoms with E-state index in [9.17, 15) is 9.50 Å². The summed E-state index contributed by atoms with van der Waals surface area (Å²) in [6.45, 7) is 7.24. The van der Waals surface area contributed by atoms with E-state index in [1.54, 1.807) is 6.07 Å². The third-order valence-electron chi connectivity index (χ3n) is 6.83. The second-order valence-electron chi connectivity index (χ2n) is 9.45. The van der Waals surface area contributed by atoms with Crippen molar-refractivity contribution in [2.75, 3.05) is 33.4 Å². The molecule has 0 amide bonds. The summed E-state index contributed by atoms with van der Waals surface area (Å²) in [6, 6.07) is 11.2.